The predicted octanol–water partition coefficient (Wildman–Crippen LogP) is 6.04. The zero-order valence-corrected chi connectivity index (χ0v) is 19.6. The quantitative estimate of drug-likeness (QED) is 0.426. The number of carbonyl (C=O) groups excluding carboxylic acids is 1. The van der Waals surface area contributed by atoms with Crippen molar-refractivity contribution in [1.82, 2.24) is 0 Å². The molecule has 0 saturated heterocycles. The molecule has 34 heavy (non-hydrogen) atoms. The number of ketones is 1. The Morgan fingerprint density at radius 1 is 0.941 bits per heavy atom. The summed E-state index contributed by atoms with van der Waals surface area (Å²) < 4.78 is 10.8. The Balaban J connectivity index is 1.66. The van der Waals surface area contributed by atoms with Crippen LogP contribution in [0.25, 0.3) is 0 Å². The summed E-state index contributed by atoms with van der Waals surface area (Å²) in [5.74, 6) is 0.489. The number of Topliss-reactive ketones (excluding diaryl/α,β-unsaturated/α-hetero) is 1. The van der Waals surface area contributed by atoms with Crippen LogP contribution in [0.2, 0.25) is 5.02 Å². The molecule has 0 spiro atoms. The second-order valence-corrected chi connectivity index (χ2v) is 8.87. The first-order valence-corrected chi connectivity index (χ1v) is 11.5. The van der Waals surface area contributed by atoms with Gasteiger partial charge >= 0.3 is 0 Å². The predicted molar refractivity (Wildman–Crippen MR) is 133 cm³/mol. The summed E-state index contributed by atoms with van der Waals surface area (Å²) in [6.07, 6.45) is 0.995. The van der Waals surface area contributed by atoms with Crippen molar-refractivity contribution in [2.75, 3.05) is 24.9 Å². The first-order chi connectivity index (χ1) is 16.5. The topological polar surface area (TPSA) is 79.8 Å². The van der Waals surface area contributed by atoms with E-state index in [0.29, 0.717) is 23.4 Å². The van der Waals surface area contributed by atoms with E-state index in [9.17, 15) is 9.90 Å². The number of phenols is 1. The van der Waals surface area contributed by atoms with Gasteiger partial charge < -0.3 is 25.2 Å². The van der Waals surface area contributed by atoms with E-state index in [4.69, 9.17) is 21.1 Å². The number of halogens is 1. The van der Waals surface area contributed by atoms with E-state index < -0.39 is 6.04 Å². The van der Waals surface area contributed by atoms with Crippen molar-refractivity contribution in [3.8, 4) is 17.2 Å². The fraction of sp³-hybridized carbons (Fsp3) is 0.222. The molecule has 5 rings (SSSR count). The molecule has 1 heterocycles. The number of ether oxygens (including phenoxy) is 2. The van der Waals surface area contributed by atoms with E-state index in [1.807, 2.05) is 48.5 Å². The van der Waals surface area contributed by atoms with E-state index in [0.717, 1.165) is 28.2 Å². The van der Waals surface area contributed by atoms with Crippen LogP contribution in [0.4, 0.5) is 11.4 Å². The average Bonchev–Trinajstić information content (AvgIpc) is 3.01. The molecule has 174 valence electrons. The number of hydrogen-bond acceptors (Lipinski definition) is 6. The molecule has 6 nitrogen and oxygen atoms in total. The number of fused-ring (bicyclic) bond motifs is 1. The molecule has 0 aromatic heterocycles. The molecular formula is C27H25ClN2O4. The third-order valence-corrected chi connectivity index (χ3v) is 6.83. The third kappa shape index (κ3) is 3.84. The molecular weight excluding hydrogens is 452 g/mol. The standard InChI is InChI=1S/C27H25ClN2O4/c1-33-23-13-16(14-24(34-2)27(23)32)26-25-21(29-19-9-5-6-10-20(19)30-26)11-15(12-22(25)31)17-7-3-4-8-18(17)28/h3-10,13-15,26,29-30,32H,11-12H2,1-2H3. The number of benzene rings is 3. The lowest BCUT2D eigenvalue weighted by atomic mass is 9.78. The van der Waals surface area contributed by atoms with Gasteiger partial charge in [0, 0.05) is 22.7 Å². The largest absolute Gasteiger partial charge is 0.502 e. The molecule has 1 aliphatic heterocycles. The molecule has 3 aromatic rings. The van der Waals surface area contributed by atoms with Gasteiger partial charge in [-0.15, -0.1) is 0 Å². The van der Waals surface area contributed by atoms with Crippen molar-refractivity contribution in [1.29, 1.82) is 0 Å². The number of aromatic hydroxyl groups is 1. The Morgan fingerprint density at radius 2 is 1.59 bits per heavy atom. The summed E-state index contributed by atoms with van der Waals surface area (Å²) >= 11 is 6.49. The summed E-state index contributed by atoms with van der Waals surface area (Å²) in [4.78, 5) is 13.7. The number of phenolic OH excluding ortho intramolecular Hbond substituents is 1. The van der Waals surface area contributed by atoms with E-state index >= 15 is 0 Å². The number of rotatable bonds is 4. The highest BCUT2D eigenvalue weighted by molar-refractivity contribution is 6.31. The van der Waals surface area contributed by atoms with Crippen LogP contribution >= 0.6 is 11.6 Å². The Hall–Kier alpha value is -3.64. The van der Waals surface area contributed by atoms with E-state index in [1.165, 1.54) is 14.2 Å². The van der Waals surface area contributed by atoms with Crippen molar-refractivity contribution in [2.45, 2.75) is 24.8 Å². The molecule has 2 aliphatic rings. The van der Waals surface area contributed by atoms with Gasteiger partial charge in [-0.2, -0.15) is 0 Å². The van der Waals surface area contributed by atoms with Crippen LogP contribution < -0.4 is 20.1 Å². The number of methoxy groups -OCH3 is 2. The van der Waals surface area contributed by atoms with Gasteiger partial charge in [-0.05, 0) is 53.8 Å². The van der Waals surface area contributed by atoms with Crippen LogP contribution in [-0.2, 0) is 4.79 Å². The maximum atomic E-state index is 13.7. The SMILES string of the molecule is COc1cc(C2Nc3ccccc3NC3=C2C(=O)CC(c2ccccc2Cl)C3)cc(OC)c1O. The van der Waals surface area contributed by atoms with Gasteiger partial charge in [-0.3, -0.25) is 4.79 Å². The fourth-order valence-electron chi connectivity index (χ4n) is 4.85. The highest BCUT2D eigenvalue weighted by Gasteiger charge is 2.37. The first-order valence-electron chi connectivity index (χ1n) is 11.1. The van der Waals surface area contributed by atoms with Gasteiger partial charge in [0.15, 0.2) is 17.3 Å². The van der Waals surface area contributed by atoms with Crippen molar-refractivity contribution < 1.29 is 19.4 Å². The summed E-state index contributed by atoms with van der Waals surface area (Å²) in [6.45, 7) is 0. The van der Waals surface area contributed by atoms with E-state index in [2.05, 4.69) is 10.6 Å². The molecule has 0 bridgehead atoms. The molecule has 2 unspecified atom stereocenters. The van der Waals surface area contributed by atoms with Crippen molar-refractivity contribution in [2.24, 2.45) is 0 Å². The lowest BCUT2D eigenvalue weighted by Crippen LogP contribution is -2.27. The van der Waals surface area contributed by atoms with Crippen LogP contribution in [0.3, 0.4) is 0 Å². The molecule has 0 radical (unpaired) electrons. The maximum absolute atomic E-state index is 13.7. The highest BCUT2D eigenvalue weighted by Crippen LogP contribution is 2.47. The van der Waals surface area contributed by atoms with Crippen molar-refractivity contribution >= 4 is 28.8 Å². The smallest absolute Gasteiger partial charge is 0.200 e. The van der Waals surface area contributed by atoms with Crippen molar-refractivity contribution in [3.05, 3.63) is 88.1 Å². The monoisotopic (exact) mass is 476 g/mol. The van der Waals surface area contributed by atoms with Crippen LogP contribution in [0.15, 0.2) is 71.9 Å². The summed E-state index contributed by atoms with van der Waals surface area (Å²) in [5, 5.41) is 18.1. The minimum absolute atomic E-state index is 0.0257. The Labute approximate surface area is 203 Å². The zero-order chi connectivity index (χ0) is 23.8. The number of anilines is 2. The van der Waals surface area contributed by atoms with Crippen LogP contribution in [-0.4, -0.2) is 25.1 Å². The molecule has 3 N–H and O–H groups in total. The first kappa shape index (κ1) is 22.2. The maximum Gasteiger partial charge on any atom is 0.200 e. The van der Waals surface area contributed by atoms with Gasteiger partial charge in [0.2, 0.25) is 5.75 Å². The summed E-state index contributed by atoms with van der Waals surface area (Å²) in [5.41, 5.74) is 5.00. The van der Waals surface area contributed by atoms with Gasteiger partial charge in [0.1, 0.15) is 0 Å². The van der Waals surface area contributed by atoms with Gasteiger partial charge in [0.25, 0.3) is 0 Å². The number of allylic oxidation sites excluding steroid dienone is 1. The number of nitrogens with one attached hydrogen (secondary N) is 2. The molecule has 0 fully saturated rings. The minimum atomic E-state index is -0.464. The lowest BCUT2D eigenvalue weighted by molar-refractivity contribution is -0.116. The van der Waals surface area contributed by atoms with Crippen LogP contribution in [0, 0.1) is 0 Å². The second kappa shape index (κ2) is 8.95. The molecule has 1 aliphatic carbocycles. The molecule has 0 amide bonds. The minimum Gasteiger partial charge on any atom is -0.502 e. The van der Waals surface area contributed by atoms with Gasteiger partial charge in [-0.1, -0.05) is 41.9 Å². The molecule has 0 saturated carbocycles. The number of carbonyl (C=O) groups is 1. The number of hydrogen-bond donors (Lipinski definition) is 3. The molecule has 3 aromatic carbocycles. The third-order valence-electron chi connectivity index (χ3n) is 6.49. The Morgan fingerprint density at radius 3 is 2.26 bits per heavy atom. The van der Waals surface area contributed by atoms with Crippen LogP contribution in [0.1, 0.15) is 35.9 Å². The fourth-order valence-corrected chi connectivity index (χ4v) is 5.14. The number of para-hydroxylation sites is 2. The van der Waals surface area contributed by atoms with Gasteiger partial charge in [0.05, 0.1) is 31.6 Å². The Kier molecular flexibility index (Phi) is 5.84. The molecule has 7 heteroatoms. The van der Waals surface area contributed by atoms with E-state index in [1.54, 1.807) is 12.1 Å². The zero-order valence-electron chi connectivity index (χ0n) is 18.9. The molecule has 2 atom stereocenters. The summed E-state index contributed by atoms with van der Waals surface area (Å²) in [6, 6.07) is 18.6. The van der Waals surface area contributed by atoms with Crippen LogP contribution in [0.5, 0.6) is 17.2 Å². The van der Waals surface area contributed by atoms with Gasteiger partial charge in [-0.25, -0.2) is 0 Å². The average molecular weight is 477 g/mol. The second-order valence-electron chi connectivity index (χ2n) is 8.46. The lowest BCUT2D eigenvalue weighted by Gasteiger charge is -2.30. The highest BCUT2D eigenvalue weighted by atomic mass is 35.5. The summed E-state index contributed by atoms with van der Waals surface area (Å²) in [7, 11) is 2.97. The van der Waals surface area contributed by atoms with E-state index in [-0.39, 0.29) is 28.9 Å². The van der Waals surface area contributed by atoms with Crippen molar-refractivity contribution in [3.63, 3.8) is 0 Å². The Bertz CT molecular complexity index is 1280. The normalized spacial score (nSPS) is 19.3.